The maximum absolute atomic E-state index is 12.4. The molecule has 0 spiro atoms. The molecule has 2 fully saturated rings. The van der Waals surface area contributed by atoms with E-state index in [9.17, 15) is 8.42 Å². The first-order valence-electron chi connectivity index (χ1n) is 6.85. The molecule has 0 amide bonds. The highest BCUT2D eigenvalue weighted by atomic mass is 32.2. The van der Waals surface area contributed by atoms with Crippen LogP contribution >= 0.6 is 0 Å². The average Bonchev–Trinajstić information content (AvgIpc) is 2.72. The summed E-state index contributed by atoms with van der Waals surface area (Å²) in [5, 5.41) is 8.89. The van der Waals surface area contributed by atoms with Crippen LogP contribution in [0.2, 0.25) is 0 Å². The van der Waals surface area contributed by atoms with E-state index in [-0.39, 0.29) is 24.5 Å². The van der Waals surface area contributed by atoms with E-state index in [1.165, 1.54) is 0 Å². The van der Waals surface area contributed by atoms with E-state index in [0.29, 0.717) is 19.6 Å². The minimum absolute atomic E-state index is 0.0403. The molecule has 18 heavy (non-hydrogen) atoms. The van der Waals surface area contributed by atoms with Crippen molar-refractivity contribution in [2.45, 2.75) is 50.7 Å². The lowest BCUT2D eigenvalue weighted by atomic mass is 9.93. The van der Waals surface area contributed by atoms with E-state index in [1.54, 1.807) is 4.31 Å². The second-order valence-corrected chi connectivity index (χ2v) is 7.15. The van der Waals surface area contributed by atoms with Gasteiger partial charge in [0.25, 0.3) is 0 Å². The number of hydrogen-bond donors (Lipinski definition) is 1. The quantitative estimate of drug-likeness (QED) is 0.745. The van der Waals surface area contributed by atoms with Gasteiger partial charge in [0, 0.05) is 25.8 Å². The van der Waals surface area contributed by atoms with Crippen molar-refractivity contribution in [2.75, 3.05) is 25.5 Å². The summed E-state index contributed by atoms with van der Waals surface area (Å²) in [6.07, 6.45) is 5.20. The maximum atomic E-state index is 12.4. The maximum Gasteiger partial charge on any atom is 0.216 e. The minimum Gasteiger partial charge on any atom is -0.396 e. The largest absolute Gasteiger partial charge is 0.396 e. The van der Waals surface area contributed by atoms with Gasteiger partial charge in [0.05, 0.1) is 11.9 Å². The van der Waals surface area contributed by atoms with Crippen LogP contribution in [0, 0.1) is 0 Å². The fraction of sp³-hybridized carbons (Fsp3) is 1.00. The van der Waals surface area contributed by atoms with Crippen LogP contribution < -0.4 is 0 Å². The Bertz CT molecular complexity index is 347. The summed E-state index contributed by atoms with van der Waals surface area (Å²) < 4.78 is 31.8. The Morgan fingerprint density at radius 1 is 1.22 bits per heavy atom. The second kappa shape index (κ2) is 6.32. The SMILES string of the molecule is O=S(=O)(CC1CCCO1)N(CCCO)C1CCC1. The van der Waals surface area contributed by atoms with Crippen LogP contribution in [0.15, 0.2) is 0 Å². The van der Waals surface area contributed by atoms with Crippen molar-refractivity contribution in [1.29, 1.82) is 0 Å². The molecule has 1 heterocycles. The number of sulfonamides is 1. The summed E-state index contributed by atoms with van der Waals surface area (Å²) in [6, 6.07) is 0.156. The van der Waals surface area contributed by atoms with Gasteiger partial charge >= 0.3 is 0 Å². The predicted octanol–water partition coefficient (Wildman–Crippen LogP) is 0.732. The van der Waals surface area contributed by atoms with E-state index in [2.05, 4.69) is 0 Å². The summed E-state index contributed by atoms with van der Waals surface area (Å²) in [4.78, 5) is 0. The van der Waals surface area contributed by atoms with Gasteiger partial charge in [-0.1, -0.05) is 6.42 Å². The number of ether oxygens (including phenoxy) is 1. The third-order valence-electron chi connectivity index (χ3n) is 3.80. The van der Waals surface area contributed by atoms with Crippen molar-refractivity contribution in [3.05, 3.63) is 0 Å². The molecule has 1 N–H and O–H groups in total. The highest BCUT2D eigenvalue weighted by molar-refractivity contribution is 7.89. The molecule has 1 aliphatic carbocycles. The Morgan fingerprint density at radius 2 is 2.00 bits per heavy atom. The molecule has 0 aromatic rings. The molecule has 0 radical (unpaired) electrons. The molecule has 1 unspecified atom stereocenters. The van der Waals surface area contributed by atoms with Gasteiger partial charge in [-0.05, 0) is 32.1 Å². The Morgan fingerprint density at radius 3 is 2.50 bits per heavy atom. The zero-order valence-electron chi connectivity index (χ0n) is 10.8. The Balaban J connectivity index is 1.97. The smallest absolute Gasteiger partial charge is 0.216 e. The molecule has 1 aliphatic heterocycles. The summed E-state index contributed by atoms with van der Waals surface area (Å²) in [5.41, 5.74) is 0. The molecule has 1 atom stereocenters. The van der Waals surface area contributed by atoms with Gasteiger partial charge in [0.1, 0.15) is 0 Å². The Labute approximate surface area is 109 Å². The lowest BCUT2D eigenvalue weighted by molar-refractivity contribution is 0.124. The van der Waals surface area contributed by atoms with Gasteiger partial charge in [-0.15, -0.1) is 0 Å². The van der Waals surface area contributed by atoms with Crippen molar-refractivity contribution < 1.29 is 18.3 Å². The topological polar surface area (TPSA) is 66.8 Å². The number of nitrogens with zero attached hydrogens (tertiary/aromatic N) is 1. The third-order valence-corrected chi connectivity index (χ3v) is 5.78. The first kappa shape index (κ1) is 14.2. The highest BCUT2D eigenvalue weighted by Crippen LogP contribution is 2.28. The van der Waals surface area contributed by atoms with Crippen LogP contribution in [0.5, 0.6) is 0 Å². The molecule has 0 aromatic carbocycles. The number of aliphatic hydroxyl groups is 1. The zero-order chi connectivity index (χ0) is 13.0. The lowest BCUT2D eigenvalue weighted by Crippen LogP contribution is -2.47. The van der Waals surface area contributed by atoms with Gasteiger partial charge in [-0.2, -0.15) is 4.31 Å². The second-order valence-electron chi connectivity index (χ2n) is 5.19. The molecule has 106 valence electrons. The average molecular weight is 277 g/mol. The first-order chi connectivity index (χ1) is 8.63. The van der Waals surface area contributed by atoms with Gasteiger partial charge in [-0.25, -0.2) is 8.42 Å². The van der Waals surface area contributed by atoms with Gasteiger partial charge in [0.15, 0.2) is 0 Å². The Hall–Kier alpha value is -0.170. The van der Waals surface area contributed by atoms with E-state index >= 15 is 0 Å². The summed E-state index contributed by atoms with van der Waals surface area (Å²) >= 11 is 0. The van der Waals surface area contributed by atoms with Gasteiger partial charge in [-0.3, -0.25) is 0 Å². The van der Waals surface area contributed by atoms with Crippen molar-refractivity contribution in [2.24, 2.45) is 0 Å². The molecular formula is C12H23NO4S. The third kappa shape index (κ3) is 3.44. The summed E-state index contributed by atoms with van der Waals surface area (Å²) in [6.45, 7) is 1.16. The van der Waals surface area contributed by atoms with Crippen LogP contribution in [-0.2, 0) is 14.8 Å². The lowest BCUT2D eigenvalue weighted by Gasteiger charge is -2.37. The van der Waals surface area contributed by atoms with Crippen molar-refractivity contribution in [3.8, 4) is 0 Å². The van der Waals surface area contributed by atoms with Crippen LogP contribution in [0.3, 0.4) is 0 Å². The first-order valence-corrected chi connectivity index (χ1v) is 8.46. The normalized spacial score (nSPS) is 25.6. The monoisotopic (exact) mass is 277 g/mol. The van der Waals surface area contributed by atoms with Gasteiger partial charge < -0.3 is 9.84 Å². The predicted molar refractivity (Wildman–Crippen MR) is 68.8 cm³/mol. The molecule has 1 saturated carbocycles. The summed E-state index contributed by atoms with van der Waals surface area (Å²) in [7, 11) is -3.24. The standard InChI is InChI=1S/C12H23NO4S/c14-8-3-7-13(11-4-1-5-11)18(15,16)10-12-6-2-9-17-12/h11-12,14H,1-10H2. The molecule has 5 nitrogen and oxygen atoms in total. The van der Waals surface area contributed by atoms with Gasteiger partial charge in [0.2, 0.25) is 10.0 Å². The minimum atomic E-state index is -3.24. The van der Waals surface area contributed by atoms with Crippen molar-refractivity contribution in [3.63, 3.8) is 0 Å². The fourth-order valence-electron chi connectivity index (χ4n) is 2.56. The molecule has 0 bridgehead atoms. The van der Waals surface area contributed by atoms with E-state index in [1.807, 2.05) is 0 Å². The zero-order valence-corrected chi connectivity index (χ0v) is 11.6. The van der Waals surface area contributed by atoms with E-state index in [4.69, 9.17) is 9.84 Å². The summed E-state index contributed by atoms with van der Waals surface area (Å²) in [5.74, 6) is 0.106. The van der Waals surface area contributed by atoms with Crippen LogP contribution in [0.25, 0.3) is 0 Å². The molecular weight excluding hydrogens is 254 g/mol. The van der Waals surface area contributed by atoms with Crippen molar-refractivity contribution >= 4 is 10.0 Å². The highest BCUT2D eigenvalue weighted by Gasteiger charge is 2.35. The van der Waals surface area contributed by atoms with E-state index < -0.39 is 10.0 Å². The number of rotatable bonds is 7. The molecule has 1 saturated heterocycles. The fourth-order valence-corrected chi connectivity index (χ4v) is 4.55. The number of hydrogen-bond acceptors (Lipinski definition) is 4. The molecule has 6 heteroatoms. The van der Waals surface area contributed by atoms with Crippen LogP contribution in [0.1, 0.15) is 38.5 Å². The van der Waals surface area contributed by atoms with Crippen LogP contribution in [0.4, 0.5) is 0 Å². The molecule has 0 aromatic heterocycles. The van der Waals surface area contributed by atoms with E-state index in [0.717, 1.165) is 32.1 Å². The molecule has 2 aliphatic rings. The molecule has 2 rings (SSSR count). The number of aliphatic hydroxyl groups excluding tert-OH is 1. The van der Waals surface area contributed by atoms with Crippen molar-refractivity contribution in [1.82, 2.24) is 4.31 Å². The van der Waals surface area contributed by atoms with Crippen LogP contribution in [-0.4, -0.2) is 55.5 Å². The Kier molecular flexibility index (Phi) is 5.00.